The topological polar surface area (TPSA) is 0 Å². The van der Waals surface area contributed by atoms with Crippen molar-refractivity contribution in [3.63, 3.8) is 0 Å². The lowest BCUT2D eigenvalue weighted by Gasteiger charge is -2.10. The maximum absolute atomic E-state index is 13.2. The van der Waals surface area contributed by atoms with Crippen LogP contribution in [0, 0.1) is 5.82 Å². The van der Waals surface area contributed by atoms with Crippen molar-refractivity contribution in [2.75, 3.05) is 0 Å². The lowest BCUT2D eigenvalue weighted by Crippen LogP contribution is -2.09. The van der Waals surface area contributed by atoms with Gasteiger partial charge in [0.05, 0.1) is 5.56 Å². The lowest BCUT2D eigenvalue weighted by atomic mass is 10.1. The number of rotatable bonds is 1. The van der Waals surface area contributed by atoms with Gasteiger partial charge in [0, 0.05) is 15.4 Å². The summed E-state index contributed by atoms with van der Waals surface area (Å²) in [7, 11) is 0. The zero-order valence-electron chi connectivity index (χ0n) is 6.63. The molecule has 0 heterocycles. The summed E-state index contributed by atoms with van der Waals surface area (Å²) in [6, 6.07) is 2.03. The maximum atomic E-state index is 13.2. The predicted molar refractivity (Wildman–Crippen MR) is 51.7 cm³/mol. The van der Waals surface area contributed by atoms with Gasteiger partial charge in [-0.2, -0.15) is 13.2 Å². The van der Waals surface area contributed by atoms with E-state index < -0.39 is 17.6 Å². The molecule has 0 unspecified atom stereocenters. The predicted octanol–water partition coefficient (Wildman–Crippen LogP) is 4.50. The van der Waals surface area contributed by atoms with Gasteiger partial charge >= 0.3 is 6.18 Å². The van der Waals surface area contributed by atoms with Crippen molar-refractivity contribution in [3.05, 3.63) is 33.5 Å². The molecular formula is C8H4Br2F4. The SMILES string of the molecule is Fc1c(CBr)cc(Br)cc1C(F)(F)F. The maximum Gasteiger partial charge on any atom is 0.419 e. The van der Waals surface area contributed by atoms with Crippen molar-refractivity contribution in [1.29, 1.82) is 0 Å². The summed E-state index contributed by atoms with van der Waals surface area (Å²) in [5.74, 6) is -1.22. The Labute approximate surface area is 94.6 Å². The molecule has 0 radical (unpaired) electrons. The fraction of sp³-hybridized carbons (Fsp3) is 0.250. The molecule has 78 valence electrons. The Kier molecular flexibility index (Phi) is 3.58. The highest BCUT2D eigenvalue weighted by molar-refractivity contribution is 9.10. The normalized spacial score (nSPS) is 11.9. The van der Waals surface area contributed by atoms with E-state index in [1.807, 2.05) is 0 Å². The first-order chi connectivity index (χ1) is 6.36. The molecule has 0 fully saturated rings. The fourth-order valence-electron chi connectivity index (χ4n) is 0.949. The minimum absolute atomic E-state index is 0.0216. The van der Waals surface area contributed by atoms with E-state index in [-0.39, 0.29) is 15.4 Å². The Balaban J connectivity index is 3.37. The Bertz CT molecular complexity index is 346. The molecule has 0 aliphatic heterocycles. The molecule has 1 aromatic rings. The molecular weight excluding hydrogens is 332 g/mol. The molecule has 0 N–H and O–H groups in total. The second-order valence-electron chi connectivity index (χ2n) is 2.56. The van der Waals surface area contributed by atoms with E-state index in [0.717, 1.165) is 6.07 Å². The Morgan fingerprint density at radius 2 is 1.79 bits per heavy atom. The molecule has 14 heavy (non-hydrogen) atoms. The monoisotopic (exact) mass is 334 g/mol. The van der Waals surface area contributed by atoms with Crippen LogP contribution >= 0.6 is 31.9 Å². The van der Waals surface area contributed by atoms with Crippen LogP contribution in [0.3, 0.4) is 0 Å². The van der Waals surface area contributed by atoms with Crippen molar-refractivity contribution in [2.45, 2.75) is 11.5 Å². The van der Waals surface area contributed by atoms with Crippen LogP contribution < -0.4 is 0 Å². The van der Waals surface area contributed by atoms with E-state index in [2.05, 4.69) is 31.9 Å². The molecule has 0 aliphatic carbocycles. The summed E-state index contributed by atoms with van der Waals surface area (Å²) in [5.41, 5.74) is -1.27. The quantitative estimate of drug-likeness (QED) is 0.523. The van der Waals surface area contributed by atoms with Crippen molar-refractivity contribution < 1.29 is 17.6 Å². The van der Waals surface area contributed by atoms with E-state index in [4.69, 9.17) is 0 Å². The van der Waals surface area contributed by atoms with Gasteiger partial charge in [0.15, 0.2) is 0 Å². The minimum atomic E-state index is -4.66. The van der Waals surface area contributed by atoms with Crippen LogP contribution in [0.4, 0.5) is 17.6 Å². The van der Waals surface area contributed by atoms with E-state index in [1.54, 1.807) is 0 Å². The number of halogens is 6. The van der Waals surface area contributed by atoms with Gasteiger partial charge < -0.3 is 0 Å². The number of hydrogen-bond donors (Lipinski definition) is 0. The average Bonchev–Trinajstić information content (AvgIpc) is 2.06. The fourth-order valence-corrected chi connectivity index (χ4v) is 1.86. The Morgan fingerprint density at radius 3 is 2.21 bits per heavy atom. The zero-order valence-corrected chi connectivity index (χ0v) is 9.80. The third-order valence-corrected chi connectivity index (χ3v) is 2.62. The van der Waals surface area contributed by atoms with Crippen LogP contribution in [0.15, 0.2) is 16.6 Å². The highest BCUT2D eigenvalue weighted by Gasteiger charge is 2.35. The van der Waals surface area contributed by atoms with Crippen LogP contribution in [0.5, 0.6) is 0 Å². The van der Waals surface area contributed by atoms with Gasteiger partial charge in [0.1, 0.15) is 5.82 Å². The number of hydrogen-bond acceptors (Lipinski definition) is 0. The number of benzene rings is 1. The first kappa shape index (κ1) is 12.0. The van der Waals surface area contributed by atoms with Crippen molar-refractivity contribution in [1.82, 2.24) is 0 Å². The average molecular weight is 336 g/mol. The molecule has 0 bridgehead atoms. The summed E-state index contributed by atoms with van der Waals surface area (Å²) < 4.78 is 50.2. The molecule has 0 nitrogen and oxygen atoms in total. The van der Waals surface area contributed by atoms with Gasteiger partial charge in [0.25, 0.3) is 0 Å². The van der Waals surface area contributed by atoms with Gasteiger partial charge in [-0.15, -0.1) is 0 Å². The molecule has 0 atom stereocenters. The zero-order chi connectivity index (χ0) is 10.9. The number of alkyl halides is 4. The molecule has 0 aliphatic rings. The third-order valence-electron chi connectivity index (χ3n) is 1.56. The Morgan fingerprint density at radius 1 is 1.21 bits per heavy atom. The van der Waals surface area contributed by atoms with Gasteiger partial charge in [0.2, 0.25) is 0 Å². The first-order valence-electron chi connectivity index (χ1n) is 3.47. The van der Waals surface area contributed by atoms with Crippen LogP contribution in [0.1, 0.15) is 11.1 Å². The molecule has 0 saturated heterocycles. The molecule has 1 rings (SSSR count). The second kappa shape index (κ2) is 4.18. The largest absolute Gasteiger partial charge is 0.419 e. The van der Waals surface area contributed by atoms with Crippen molar-refractivity contribution in [2.24, 2.45) is 0 Å². The summed E-state index contributed by atoms with van der Waals surface area (Å²) in [6.45, 7) is 0. The minimum Gasteiger partial charge on any atom is -0.206 e. The summed E-state index contributed by atoms with van der Waals surface area (Å²) in [5, 5.41) is 0.0430. The Hall–Kier alpha value is -0.100. The van der Waals surface area contributed by atoms with E-state index in [1.165, 1.54) is 6.07 Å². The molecule has 0 aromatic heterocycles. The van der Waals surface area contributed by atoms with Crippen LogP contribution in [-0.2, 0) is 11.5 Å². The summed E-state index contributed by atoms with van der Waals surface area (Å²) in [6.07, 6.45) is -4.66. The van der Waals surface area contributed by atoms with Gasteiger partial charge in [-0.05, 0) is 12.1 Å². The third kappa shape index (κ3) is 2.48. The highest BCUT2D eigenvalue weighted by atomic mass is 79.9. The highest BCUT2D eigenvalue weighted by Crippen LogP contribution is 2.35. The standard InChI is InChI=1S/C8H4Br2F4/c9-3-4-1-5(10)2-6(7(4)11)8(12,13)14/h1-2H,3H2. The smallest absolute Gasteiger partial charge is 0.206 e. The van der Waals surface area contributed by atoms with Crippen LogP contribution in [0.25, 0.3) is 0 Å². The summed E-state index contributed by atoms with van der Waals surface area (Å²) >= 11 is 5.81. The van der Waals surface area contributed by atoms with E-state index in [9.17, 15) is 17.6 Å². The molecule has 0 amide bonds. The van der Waals surface area contributed by atoms with Crippen molar-refractivity contribution >= 4 is 31.9 Å². The van der Waals surface area contributed by atoms with Gasteiger partial charge in [-0.1, -0.05) is 31.9 Å². The summed E-state index contributed by atoms with van der Waals surface area (Å²) in [4.78, 5) is 0. The lowest BCUT2D eigenvalue weighted by molar-refractivity contribution is -0.140. The van der Waals surface area contributed by atoms with Crippen LogP contribution in [-0.4, -0.2) is 0 Å². The van der Waals surface area contributed by atoms with Gasteiger partial charge in [-0.3, -0.25) is 0 Å². The van der Waals surface area contributed by atoms with E-state index >= 15 is 0 Å². The van der Waals surface area contributed by atoms with Gasteiger partial charge in [-0.25, -0.2) is 4.39 Å². The van der Waals surface area contributed by atoms with Crippen LogP contribution in [0.2, 0.25) is 0 Å². The van der Waals surface area contributed by atoms with E-state index in [0.29, 0.717) is 0 Å². The first-order valence-corrected chi connectivity index (χ1v) is 5.38. The molecule has 0 saturated carbocycles. The molecule has 1 aromatic carbocycles. The molecule has 0 spiro atoms. The molecule has 6 heteroatoms. The second-order valence-corrected chi connectivity index (χ2v) is 4.03. The van der Waals surface area contributed by atoms with Crippen molar-refractivity contribution in [3.8, 4) is 0 Å².